The van der Waals surface area contributed by atoms with Gasteiger partial charge in [0.1, 0.15) is 0 Å². The van der Waals surface area contributed by atoms with Crippen LogP contribution in [0.1, 0.15) is 24.0 Å². The normalized spacial score (nSPS) is 12.0. The molecule has 0 heterocycles. The van der Waals surface area contributed by atoms with Crippen LogP contribution in [0.25, 0.3) is 0 Å². The quantitative estimate of drug-likeness (QED) is 0.472. The summed E-state index contributed by atoms with van der Waals surface area (Å²) in [7, 11) is 0. The Bertz CT molecular complexity index is 504. The zero-order chi connectivity index (χ0) is 14.8. The Morgan fingerprint density at radius 2 is 1.43 bits per heavy atom. The molecule has 0 spiro atoms. The van der Waals surface area contributed by atoms with E-state index in [9.17, 15) is 0 Å². The van der Waals surface area contributed by atoms with Crippen molar-refractivity contribution in [1.29, 1.82) is 0 Å². The van der Waals surface area contributed by atoms with Crippen LogP contribution in [0, 0.1) is 0 Å². The predicted molar refractivity (Wildman–Crippen MR) is 89.5 cm³/mol. The minimum atomic E-state index is 0.154. The summed E-state index contributed by atoms with van der Waals surface area (Å²) in [5.41, 5.74) is 2.73. The van der Waals surface area contributed by atoms with Gasteiger partial charge in [0, 0.05) is 6.61 Å². The third-order valence-corrected chi connectivity index (χ3v) is 3.61. The molecule has 0 aliphatic heterocycles. The van der Waals surface area contributed by atoms with Gasteiger partial charge in [-0.25, -0.2) is 0 Å². The summed E-state index contributed by atoms with van der Waals surface area (Å²) >= 11 is 0. The van der Waals surface area contributed by atoms with E-state index in [4.69, 9.17) is 4.74 Å². The van der Waals surface area contributed by atoms with Crippen molar-refractivity contribution in [2.24, 2.45) is 0 Å². The highest BCUT2D eigenvalue weighted by atomic mass is 16.5. The zero-order valence-electron chi connectivity index (χ0n) is 12.6. The Kier molecular flexibility index (Phi) is 6.76. The monoisotopic (exact) mass is 280 g/mol. The van der Waals surface area contributed by atoms with Gasteiger partial charge in [0.25, 0.3) is 0 Å². The molecular formula is C20H24O. The van der Waals surface area contributed by atoms with Gasteiger partial charge in [-0.1, -0.05) is 66.7 Å². The second-order valence-electron chi connectivity index (χ2n) is 5.26. The van der Waals surface area contributed by atoms with Gasteiger partial charge in [-0.15, -0.1) is 6.58 Å². The zero-order valence-corrected chi connectivity index (χ0v) is 12.6. The highest BCUT2D eigenvalue weighted by molar-refractivity contribution is 5.15. The van der Waals surface area contributed by atoms with Gasteiger partial charge in [0.2, 0.25) is 0 Å². The van der Waals surface area contributed by atoms with Gasteiger partial charge in [-0.2, -0.15) is 0 Å². The van der Waals surface area contributed by atoms with Gasteiger partial charge in [-0.3, -0.25) is 0 Å². The third-order valence-electron chi connectivity index (χ3n) is 3.61. The average molecular weight is 280 g/mol. The van der Waals surface area contributed by atoms with Gasteiger partial charge in [0.15, 0.2) is 0 Å². The average Bonchev–Trinajstić information content (AvgIpc) is 2.56. The lowest BCUT2D eigenvalue weighted by Gasteiger charge is -2.14. The van der Waals surface area contributed by atoms with Gasteiger partial charge in [-0.05, 0) is 36.8 Å². The van der Waals surface area contributed by atoms with Crippen LogP contribution in [-0.2, 0) is 17.6 Å². The number of aryl methyl sites for hydroxylation is 2. The first kappa shape index (κ1) is 15.5. The summed E-state index contributed by atoms with van der Waals surface area (Å²) < 4.78 is 5.92. The number of ether oxygens (including phenoxy) is 1. The van der Waals surface area contributed by atoms with E-state index in [2.05, 4.69) is 67.2 Å². The molecule has 0 aliphatic rings. The molecular weight excluding hydrogens is 256 g/mol. The van der Waals surface area contributed by atoms with Crippen molar-refractivity contribution in [2.45, 2.75) is 31.8 Å². The molecule has 0 bridgehead atoms. The number of rotatable bonds is 9. The fourth-order valence-electron chi connectivity index (χ4n) is 2.38. The fraction of sp³-hybridized carbons (Fsp3) is 0.300. The van der Waals surface area contributed by atoms with Gasteiger partial charge in [0.05, 0.1) is 6.10 Å². The Labute approximate surface area is 128 Å². The second-order valence-corrected chi connectivity index (χ2v) is 5.26. The highest BCUT2D eigenvalue weighted by Crippen LogP contribution is 2.09. The smallest absolute Gasteiger partial charge is 0.0756 e. The van der Waals surface area contributed by atoms with Crippen molar-refractivity contribution in [3.8, 4) is 0 Å². The molecule has 1 unspecified atom stereocenters. The lowest BCUT2D eigenvalue weighted by Crippen LogP contribution is -2.12. The molecule has 1 nitrogen and oxygen atoms in total. The molecule has 0 saturated carbocycles. The first-order chi connectivity index (χ1) is 10.4. The summed E-state index contributed by atoms with van der Waals surface area (Å²) in [6.45, 7) is 4.68. The molecule has 0 fully saturated rings. The fourth-order valence-corrected chi connectivity index (χ4v) is 2.38. The molecule has 1 heteroatoms. The molecule has 2 aromatic rings. The second kappa shape index (κ2) is 9.15. The molecule has 0 saturated heterocycles. The first-order valence-electron chi connectivity index (χ1n) is 7.70. The molecule has 2 rings (SSSR count). The largest absolute Gasteiger partial charge is 0.374 e. The molecule has 110 valence electrons. The Hall–Kier alpha value is -1.86. The minimum Gasteiger partial charge on any atom is -0.374 e. The molecule has 1 atom stereocenters. The molecule has 0 aromatic heterocycles. The van der Waals surface area contributed by atoms with Crippen molar-refractivity contribution < 1.29 is 4.74 Å². The van der Waals surface area contributed by atoms with Crippen molar-refractivity contribution in [1.82, 2.24) is 0 Å². The van der Waals surface area contributed by atoms with Crippen molar-refractivity contribution in [3.05, 3.63) is 84.4 Å². The molecule has 2 aromatic carbocycles. The molecule has 21 heavy (non-hydrogen) atoms. The number of benzene rings is 2. The maximum atomic E-state index is 5.92. The highest BCUT2D eigenvalue weighted by Gasteiger charge is 2.05. The lowest BCUT2D eigenvalue weighted by atomic mass is 10.1. The van der Waals surface area contributed by atoms with Gasteiger partial charge >= 0.3 is 0 Å². The molecule has 0 amide bonds. The summed E-state index contributed by atoms with van der Waals surface area (Å²) in [4.78, 5) is 0. The van der Waals surface area contributed by atoms with E-state index in [0.29, 0.717) is 0 Å². The van der Waals surface area contributed by atoms with Crippen LogP contribution in [0.4, 0.5) is 0 Å². The number of hydrogen-bond acceptors (Lipinski definition) is 1. The van der Waals surface area contributed by atoms with E-state index >= 15 is 0 Å². The van der Waals surface area contributed by atoms with Crippen molar-refractivity contribution >= 4 is 0 Å². The lowest BCUT2D eigenvalue weighted by molar-refractivity contribution is 0.0782. The van der Waals surface area contributed by atoms with Crippen LogP contribution >= 0.6 is 0 Å². The van der Waals surface area contributed by atoms with E-state index < -0.39 is 0 Å². The van der Waals surface area contributed by atoms with Crippen LogP contribution < -0.4 is 0 Å². The van der Waals surface area contributed by atoms with E-state index in [1.165, 1.54) is 11.1 Å². The standard InChI is InChI=1S/C20H24O/c1-2-20(16-15-19-12-7-4-8-13-19)21-17-9-14-18-10-5-3-6-11-18/h2-8,10-13,20H,1,9,14-17H2. The van der Waals surface area contributed by atoms with E-state index in [-0.39, 0.29) is 6.10 Å². The van der Waals surface area contributed by atoms with Crippen LogP contribution in [0.3, 0.4) is 0 Å². The van der Waals surface area contributed by atoms with Crippen LogP contribution in [-0.4, -0.2) is 12.7 Å². The van der Waals surface area contributed by atoms with E-state index in [0.717, 1.165) is 32.3 Å². The van der Waals surface area contributed by atoms with E-state index in [1.54, 1.807) is 0 Å². The Morgan fingerprint density at radius 3 is 2.00 bits per heavy atom. The van der Waals surface area contributed by atoms with Crippen LogP contribution in [0.2, 0.25) is 0 Å². The molecule has 0 N–H and O–H groups in total. The molecule has 0 radical (unpaired) electrons. The summed E-state index contributed by atoms with van der Waals surface area (Å²) in [5.74, 6) is 0. The summed E-state index contributed by atoms with van der Waals surface area (Å²) in [6.07, 6.45) is 6.24. The maximum absolute atomic E-state index is 5.92. The first-order valence-corrected chi connectivity index (χ1v) is 7.70. The predicted octanol–water partition coefficient (Wildman–Crippen LogP) is 4.82. The number of hydrogen-bond donors (Lipinski definition) is 0. The van der Waals surface area contributed by atoms with Crippen LogP contribution in [0.15, 0.2) is 73.3 Å². The molecule has 0 aliphatic carbocycles. The summed E-state index contributed by atoms with van der Waals surface area (Å²) in [6, 6.07) is 21.1. The minimum absolute atomic E-state index is 0.154. The van der Waals surface area contributed by atoms with Crippen LogP contribution in [0.5, 0.6) is 0 Å². The topological polar surface area (TPSA) is 9.23 Å². The SMILES string of the molecule is C=CC(CCc1ccccc1)OCCCc1ccccc1. The van der Waals surface area contributed by atoms with Crippen molar-refractivity contribution in [3.63, 3.8) is 0 Å². The van der Waals surface area contributed by atoms with E-state index in [1.807, 2.05) is 6.08 Å². The Balaban J connectivity index is 1.64. The van der Waals surface area contributed by atoms with Gasteiger partial charge < -0.3 is 4.74 Å². The maximum Gasteiger partial charge on any atom is 0.0756 e. The Morgan fingerprint density at radius 1 is 0.857 bits per heavy atom. The van der Waals surface area contributed by atoms with Crippen molar-refractivity contribution in [2.75, 3.05) is 6.61 Å². The summed E-state index contributed by atoms with van der Waals surface area (Å²) in [5, 5.41) is 0. The third kappa shape index (κ3) is 5.97.